The van der Waals surface area contributed by atoms with Crippen LogP contribution >= 0.6 is 0 Å². The lowest BCUT2D eigenvalue weighted by Crippen LogP contribution is -2.24. The van der Waals surface area contributed by atoms with Gasteiger partial charge in [-0.05, 0) is 38.5 Å². The first-order chi connectivity index (χ1) is 8.91. The molecule has 1 aliphatic rings. The Bertz CT molecular complexity index is 635. The van der Waals surface area contributed by atoms with Crippen molar-refractivity contribution in [1.29, 1.82) is 0 Å². The van der Waals surface area contributed by atoms with Gasteiger partial charge in [-0.2, -0.15) is 0 Å². The van der Waals surface area contributed by atoms with E-state index < -0.39 is 17.4 Å². The van der Waals surface area contributed by atoms with E-state index >= 15 is 0 Å². The van der Waals surface area contributed by atoms with Gasteiger partial charge in [-0.15, -0.1) is 0 Å². The second kappa shape index (κ2) is 4.80. The summed E-state index contributed by atoms with van der Waals surface area (Å²) in [4.78, 5) is 23.8. The molecule has 0 heterocycles. The Hall–Kier alpha value is -2.23. The normalized spacial score (nSPS) is 14.5. The number of Topliss-reactive ketones (excluding diaryl/α,β-unsaturated/α-hetero) is 2. The standard InChI is InChI=1S/C15H13FO3/c1-8(2)3-5-11-13(17)10-6-4-9(16)7-12(10)15(19)14(11)18/h3-4,6-7,17H,5H2,1-2H3. The molecule has 0 atom stereocenters. The molecule has 0 amide bonds. The molecule has 0 aromatic heterocycles. The number of hydrogen-bond acceptors (Lipinski definition) is 3. The third kappa shape index (κ3) is 2.34. The molecule has 1 aliphatic carbocycles. The number of carbonyl (C=O) groups is 2. The van der Waals surface area contributed by atoms with Crippen LogP contribution in [0, 0.1) is 5.82 Å². The van der Waals surface area contributed by atoms with Crippen molar-refractivity contribution in [2.24, 2.45) is 0 Å². The lowest BCUT2D eigenvalue weighted by molar-refractivity contribution is -0.112. The monoisotopic (exact) mass is 260 g/mol. The van der Waals surface area contributed by atoms with Crippen LogP contribution in [0.1, 0.15) is 36.2 Å². The molecular weight excluding hydrogens is 247 g/mol. The minimum Gasteiger partial charge on any atom is -0.507 e. The first-order valence-electron chi connectivity index (χ1n) is 5.86. The van der Waals surface area contributed by atoms with E-state index in [-0.39, 0.29) is 28.9 Å². The van der Waals surface area contributed by atoms with Crippen LogP contribution in [0.25, 0.3) is 5.76 Å². The smallest absolute Gasteiger partial charge is 0.234 e. The van der Waals surface area contributed by atoms with Gasteiger partial charge in [0.1, 0.15) is 11.6 Å². The number of fused-ring (bicyclic) bond motifs is 1. The van der Waals surface area contributed by atoms with Crippen molar-refractivity contribution in [2.45, 2.75) is 20.3 Å². The molecule has 0 radical (unpaired) electrons. The zero-order chi connectivity index (χ0) is 14.2. The number of carbonyl (C=O) groups excluding carboxylic acids is 2. The van der Waals surface area contributed by atoms with E-state index in [9.17, 15) is 19.1 Å². The second-order valence-electron chi connectivity index (χ2n) is 4.66. The number of aliphatic hydroxyl groups excluding tert-OH is 1. The summed E-state index contributed by atoms with van der Waals surface area (Å²) in [6.45, 7) is 3.71. The maximum absolute atomic E-state index is 13.1. The number of rotatable bonds is 2. The van der Waals surface area contributed by atoms with Crippen LogP contribution < -0.4 is 0 Å². The Labute approximate surface area is 110 Å². The molecule has 1 aromatic rings. The van der Waals surface area contributed by atoms with Crippen LogP contribution in [0.5, 0.6) is 0 Å². The Morgan fingerprint density at radius 2 is 1.89 bits per heavy atom. The molecule has 0 unspecified atom stereocenters. The fourth-order valence-electron chi connectivity index (χ4n) is 1.94. The molecule has 0 aliphatic heterocycles. The molecule has 0 fully saturated rings. The lowest BCUT2D eigenvalue weighted by Gasteiger charge is -2.17. The molecule has 1 aromatic carbocycles. The first kappa shape index (κ1) is 13.2. The molecule has 0 bridgehead atoms. The van der Waals surface area contributed by atoms with E-state index in [0.717, 1.165) is 17.7 Å². The van der Waals surface area contributed by atoms with Gasteiger partial charge in [0.2, 0.25) is 11.6 Å². The van der Waals surface area contributed by atoms with Crippen molar-refractivity contribution in [1.82, 2.24) is 0 Å². The van der Waals surface area contributed by atoms with E-state index in [2.05, 4.69) is 0 Å². The molecule has 19 heavy (non-hydrogen) atoms. The average Bonchev–Trinajstić information content (AvgIpc) is 2.35. The Morgan fingerprint density at radius 3 is 2.53 bits per heavy atom. The van der Waals surface area contributed by atoms with Gasteiger partial charge in [-0.25, -0.2) is 4.39 Å². The molecule has 2 rings (SSSR count). The largest absolute Gasteiger partial charge is 0.507 e. The third-order valence-corrected chi connectivity index (χ3v) is 2.96. The van der Waals surface area contributed by atoms with Crippen molar-refractivity contribution in [3.8, 4) is 0 Å². The number of benzene rings is 1. The summed E-state index contributed by atoms with van der Waals surface area (Å²) in [5.41, 5.74) is 1.17. The van der Waals surface area contributed by atoms with Crippen LogP contribution in [0.2, 0.25) is 0 Å². The van der Waals surface area contributed by atoms with Gasteiger partial charge in [0.15, 0.2) is 0 Å². The highest BCUT2D eigenvalue weighted by molar-refractivity contribution is 6.52. The van der Waals surface area contributed by atoms with Gasteiger partial charge in [-0.1, -0.05) is 11.6 Å². The zero-order valence-corrected chi connectivity index (χ0v) is 10.7. The van der Waals surface area contributed by atoms with Crippen molar-refractivity contribution in [2.75, 3.05) is 0 Å². The number of aliphatic hydroxyl groups is 1. The van der Waals surface area contributed by atoms with Gasteiger partial charge in [0.05, 0.1) is 0 Å². The summed E-state index contributed by atoms with van der Waals surface area (Å²) < 4.78 is 13.1. The van der Waals surface area contributed by atoms with Gasteiger partial charge in [-0.3, -0.25) is 9.59 Å². The van der Waals surface area contributed by atoms with Gasteiger partial charge in [0.25, 0.3) is 0 Å². The lowest BCUT2D eigenvalue weighted by atomic mass is 9.87. The van der Waals surface area contributed by atoms with E-state index in [4.69, 9.17) is 0 Å². The topological polar surface area (TPSA) is 54.4 Å². The molecule has 98 valence electrons. The van der Waals surface area contributed by atoms with Crippen molar-refractivity contribution in [3.63, 3.8) is 0 Å². The highest BCUT2D eigenvalue weighted by Gasteiger charge is 2.32. The van der Waals surface area contributed by atoms with Crippen LogP contribution in [-0.4, -0.2) is 16.7 Å². The maximum atomic E-state index is 13.1. The molecule has 0 spiro atoms. The predicted molar refractivity (Wildman–Crippen MR) is 69.3 cm³/mol. The summed E-state index contributed by atoms with van der Waals surface area (Å²) in [5, 5.41) is 10.1. The summed E-state index contributed by atoms with van der Waals surface area (Å²) in [6.07, 6.45) is 1.95. The van der Waals surface area contributed by atoms with Crippen molar-refractivity contribution >= 4 is 17.3 Å². The Morgan fingerprint density at radius 1 is 1.21 bits per heavy atom. The summed E-state index contributed by atoms with van der Waals surface area (Å²) >= 11 is 0. The fraction of sp³-hybridized carbons (Fsp3) is 0.200. The van der Waals surface area contributed by atoms with Gasteiger partial charge >= 0.3 is 0 Å². The molecule has 0 saturated heterocycles. The predicted octanol–water partition coefficient (Wildman–Crippen LogP) is 3.22. The van der Waals surface area contributed by atoms with Crippen LogP contribution in [0.3, 0.4) is 0 Å². The minimum absolute atomic E-state index is 0.0605. The van der Waals surface area contributed by atoms with E-state index in [1.807, 2.05) is 13.8 Å². The van der Waals surface area contributed by atoms with Gasteiger partial charge in [0, 0.05) is 16.7 Å². The minimum atomic E-state index is -0.774. The van der Waals surface area contributed by atoms with Crippen LogP contribution in [0.4, 0.5) is 4.39 Å². The first-order valence-corrected chi connectivity index (χ1v) is 5.86. The highest BCUT2D eigenvalue weighted by atomic mass is 19.1. The fourth-order valence-corrected chi connectivity index (χ4v) is 1.94. The van der Waals surface area contributed by atoms with Crippen molar-refractivity contribution in [3.05, 3.63) is 52.4 Å². The summed E-state index contributed by atoms with van der Waals surface area (Å²) in [7, 11) is 0. The number of ketones is 2. The number of hydrogen-bond donors (Lipinski definition) is 1. The number of allylic oxidation sites excluding steroid dienone is 3. The van der Waals surface area contributed by atoms with E-state index in [1.54, 1.807) is 6.08 Å². The zero-order valence-electron chi connectivity index (χ0n) is 10.7. The Kier molecular flexibility index (Phi) is 3.34. The quantitative estimate of drug-likeness (QED) is 0.656. The number of halogens is 1. The molecule has 1 N–H and O–H groups in total. The van der Waals surface area contributed by atoms with E-state index in [1.165, 1.54) is 6.07 Å². The van der Waals surface area contributed by atoms with Crippen LogP contribution in [0.15, 0.2) is 35.4 Å². The van der Waals surface area contributed by atoms with Crippen molar-refractivity contribution < 1.29 is 19.1 Å². The average molecular weight is 260 g/mol. The molecule has 0 saturated carbocycles. The third-order valence-electron chi connectivity index (χ3n) is 2.96. The molecule has 4 heteroatoms. The summed E-state index contributed by atoms with van der Waals surface area (Å²) in [6, 6.07) is 3.44. The molecule has 3 nitrogen and oxygen atoms in total. The molecular formula is C15H13FO3. The summed E-state index contributed by atoms with van der Waals surface area (Å²) in [5.74, 6) is -2.39. The Balaban J connectivity index is 2.58. The van der Waals surface area contributed by atoms with E-state index in [0.29, 0.717) is 0 Å². The van der Waals surface area contributed by atoms with Gasteiger partial charge < -0.3 is 5.11 Å². The highest BCUT2D eigenvalue weighted by Crippen LogP contribution is 2.30. The van der Waals surface area contributed by atoms with Crippen LogP contribution in [-0.2, 0) is 4.79 Å². The second-order valence-corrected chi connectivity index (χ2v) is 4.66. The SMILES string of the molecule is CC(C)=CCC1=C(O)c2ccc(F)cc2C(=O)C1=O. The maximum Gasteiger partial charge on any atom is 0.234 e.